The first-order chi connectivity index (χ1) is 15.1. The van der Waals surface area contributed by atoms with E-state index in [1.807, 2.05) is 42.5 Å². The van der Waals surface area contributed by atoms with Crippen molar-refractivity contribution in [2.24, 2.45) is 0 Å². The summed E-state index contributed by atoms with van der Waals surface area (Å²) in [6.07, 6.45) is 4.90. The number of thiazole rings is 1. The first kappa shape index (κ1) is 22.5. The Balaban J connectivity index is 1.46. The van der Waals surface area contributed by atoms with Crippen molar-refractivity contribution in [1.82, 2.24) is 4.98 Å². The van der Waals surface area contributed by atoms with Crippen molar-refractivity contribution in [3.05, 3.63) is 71.2 Å². The highest BCUT2D eigenvalue weighted by molar-refractivity contribution is 7.14. The van der Waals surface area contributed by atoms with Crippen LogP contribution in [0, 0.1) is 0 Å². The Bertz CT molecular complexity index is 971. The second-order valence-electron chi connectivity index (χ2n) is 7.14. The molecule has 0 radical (unpaired) electrons. The third-order valence-electron chi connectivity index (χ3n) is 4.57. The predicted molar refractivity (Wildman–Crippen MR) is 125 cm³/mol. The number of ether oxygens (including phenoxy) is 1. The summed E-state index contributed by atoms with van der Waals surface area (Å²) < 4.78 is 5.72. The van der Waals surface area contributed by atoms with Gasteiger partial charge >= 0.3 is 0 Å². The summed E-state index contributed by atoms with van der Waals surface area (Å²) in [4.78, 5) is 28.8. The van der Waals surface area contributed by atoms with Gasteiger partial charge in [-0.2, -0.15) is 0 Å². The minimum atomic E-state index is -0.326. The van der Waals surface area contributed by atoms with Gasteiger partial charge in [-0.3, -0.25) is 9.59 Å². The molecule has 0 bridgehead atoms. The predicted octanol–water partition coefficient (Wildman–Crippen LogP) is 5.54. The third-order valence-corrected chi connectivity index (χ3v) is 5.33. The topological polar surface area (TPSA) is 80.3 Å². The maximum absolute atomic E-state index is 12.5. The lowest BCUT2D eigenvalue weighted by atomic mass is 10.1. The number of hydrogen-bond acceptors (Lipinski definition) is 5. The van der Waals surface area contributed by atoms with Crippen LogP contribution in [0.5, 0.6) is 5.75 Å². The van der Waals surface area contributed by atoms with Crippen LogP contribution in [0.4, 0.5) is 10.8 Å². The van der Waals surface area contributed by atoms with Crippen LogP contribution in [0.3, 0.4) is 0 Å². The van der Waals surface area contributed by atoms with E-state index < -0.39 is 0 Å². The van der Waals surface area contributed by atoms with Gasteiger partial charge in [-0.25, -0.2) is 4.98 Å². The largest absolute Gasteiger partial charge is 0.494 e. The first-order valence-electron chi connectivity index (χ1n) is 10.5. The number of benzene rings is 2. The van der Waals surface area contributed by atoms with Gasteiger partial charge in [-0.15, -0.1) is 11.3 Å². The summed E-state index contributed by atoms with van der Waals surface area (Å²) in [6, 6.07) is 16.7. The van der Waals surface area contributed by atoms with Crippen molar-refractivity contribution in [3.8, 4) is 5.75 Å². The van der Waals surface area contributed by atoms with Gasteiger partial charge in [0.25, 0.3) is 5.91 Å². The van der Waals surface area contributed by atoms with Gasteiger partial charge in [0.2, 0.25) is 5.91 Å². The quantitative estimate of drug-likeness (QED) is 0.386. The molecule has 7 heteroatoms. The zero-order valence-corrected chi connectivity index (χ0v) is 18.4. The molecule has 0 saturated carbocycles. The Morgan fingerprint density at radius 3 is 2.48 bits per heavy atom. The summed E-state index contributed by atoms with van der Waals surface area (Å²) in [5.74, 6) is 0.289. The van der Waals surface area contributed by atoms with E-state index >= 15 is 0 Å². The van der Waals surface area contributed by atoms with Gasteiger partial charge < -0.3 is 15.4 Å². The Morgan fingerprint density at radius 2 is 1.74 bits per heavy atom. The van der Waals surface area contributed by atoms with E-state index in [2.05, 4.69) is 22.5 Å². The highest BCUT2D eigenvalue weighted by atomic mass is 32.1. The molecular weight excluding hydrogens is 410 g/mol. The number of anilines is 2. The van der Waals surface area contributed by atoms with Crippen molar-refractivity contribution >= 4 is 34.0 Å². The third kappa shape index (κ3) is 7.53. The molecule has 0 aliphatic heterocycles. The van der Waals surface area contributed by atoms with Gasteiger partial charge in [0.15, 0.2) is 5.13 Å². The lowest BCUT2D eigenvalue weighted by Crippen LogP contribution is -2.15. The fourth-order valence-electron chi connectivity index (χ4n) is 2.93. The molecule has 6 nitrogen and oxygen atoms in total. The van der Waals surface area contributed by atoms with E-state index in [0.717, 1.165) is 17.7 Å². The van der Waals surface area contributed by atoms with Crippen LogP contribution in [-0.2, 0) is 11.2 Å². The number of hydrogen-bond donors (Lipinski definition) is 2. The number of aromatic nitrogens is 1. The van der Waals surface area contributed by atoms with Crippen LogP contribution in [0.2, 0.25) is 0 Å². The highest BCUT2D eigenvalue weighted by Gasteiger charge is 2.13. The number of unbranched alkanes of at least 4 members (excludes halogenated alkanes) is 3. The average Bonchev–Trinajstić information content (AvgIpc) is 3.24. The SMILES string of the molecule is CCCCCCOc1ccc(NC(=O)c2csc(NC(=O)Cc3ccccc3)n2)cc1. The normalized spacial score (nSPS) is 10.5. The fourth-order valence-corrected chi connectivity index (χ4v) is 3.64. The van der Waals surface area contributed by atoms with Gasteiger partial charge in [0.1, 0.15) is 11.4 Å². The zero-order chi connectivity index (χ0) is 21.9. The molecule has 0 fully saturated rings. The molecule has 162 valence electrons. The van der Waals surface area contributed by atoms with E-state index in [1.165, 1.54) is 30.6 Å². The second-order valence-corrected chi connectivity index (χ2v) is 7.99. The second kappa shape index (κ2) is 11.9. The number of nitrogens with zero attached hydrogens (tertiary/aromatic N) is 1. The first-order valence-corrected chi connectivity index (χ1v) is 11.4. The van der Waals surface area contributed by atoms with Crippen LogP contribution in [-0.4, -0.2) is 23.4 Å². The molecule has 1 aromatic heterocycles. The summed E-state index contributed by atoms with van der Waals surface area (Å²) in [5, 5.41) is 7.58. The van der Waals surface area contributed by atoms with Gasteiger partial charge in [-0.1, -0.05) is 56.5 Å². The van der Waals surface area contributed by atoms with Crippen molar-refractivity contribution in [1.29, 1.82) is 0 Å². The highest BCUT2D eigenvalue weighted by Crippen LogP contribution is 2.19. The molecular formula is C24H27N3O3S. The van der Waals surface area contributed by atoms with E-state index in [1.54, 1.807) is 17.5 Å². The molecule has 0 atom stereocenters. The average molecular weight is 438 g/mol. The molecule has 2 amide bonds. The van der Waals surface area contributed by atoms with Crippen molar-refractivity contribution in [2.75, 3.05) is 17.2 Å². The molecule has 3 aromatic rings. The van der Waals surface area contributed by atoms with Crippen LogP contribution in [0.15, 0.2) is 60.0 Å². The Morgan fingerprint density at radius 1 is 0.968 bits per heavy atom. The van der Waals surface area contributed by atoms with Crippen LogP contribution in [0.1, 0.15) is 48.7 Å². The maximum atomic E-state index is 12.5. The van der Waals surface area contributed by atoms with E-state index in [9.17, 15) is 9.59 Å². The Hall–Kier alpha value is -3.19. The molecule has 3 rings (SSSR count). The smallest absolute Gasteiger partial charge is 0.275 e. The van der Waals surface area contributed by atoms with Crippen molar-refractivity contribution in [3.63, 3.8) is 0 Å². The number of rotatable bonds is 11. The van der Waals surface area contributed by atoms with E-state index in [0.29, 0.717) is 17.4 Å². The molecule has 0 aliphatic carbocycles. The van der Waals surface area contributed by atoms with E-state index in [-0.39, 0.29) is 23.9 Å². The fraction of sp³-hybridized carbons (Fsp3) is 0.292. The van der Waals surface area contributed by atoms with Crippen LogP contribution >= 0.6 is 11.3 Å². The van der Waals surface area contributed by atoms with Crippen molar-refractivity contribution < 1.29 is 14.3 Å². The molecule has 0 spiro atoms. The summed E-state index contributed by atoms with van der Waals surface area (Å²) in [5.41, 5.74) is 1.84. The molecule has 1 heterocycles. The number of carbonyl (C=O) groups excluding carboxylic acids is 2. The Labute approximate surface area is 186 Å². The number of carbonyl (C=O) groups is 2. The molecule has 0 aliphatic rings. The zero-order valence-electron chi connectivity index (χ0n) is 17.6. The molecule has 31 heavy (non-hydrogen) atoms. The molecule has 0 unspecified atom stereocenters. The van der Waals surface area contributed by atoms with Crippen molar-refractivity contribution in [2.45, 2.75) is 39.0 Å². The summed E-state index contributed by atoms with van der Waals surface area (Å²) >= 11 is 1.22. The number of nitrogens with one attached hydrogen (secondary N) is 2. The lowest BCUT2D eigenvalue weighted by Gasteiger charge is -2.07. The Kier molecular flexibility index (Phi) is 8.60. The van der Waals surface area contributed by atoms with Gasteiger partial charge in [-0.05, 0) is 36.2 Å². The van der Waals surface area contributed by atoms with Crippen LogP contribution in [0.25, 0.3) is 0 Å². The minimum Gasteiger partial charge on any atom is -0.494 e. The number of amides is 2. The van der Waals surface area contributed by atoms with Gasteiger partial charge in [0.05, 0.1) is 13.0 Å². The molecule has 0 saturated heterocycles. The monoisotopic (exact) mass is 437 g/mol. The van der Waals surface area contributed by atoms with Gasteiger partial charge in [0, 0.05) is 11.1 Å². The van der Waals surface area contributed by atoms with E-state index in [4.69, 9.17) is 4.74 Å². The summed E-state index contributed by atoms with van der Waals surface area (Å²) in [7, 11) is 0. The molecule has 2 aromatic carbocycles. The lowest BCUT2D eigenvalue weighted by molar-refractivity contribution is -0.115. The molecule has 2 N–H and O–H groups in total. The summed E-state index contributed by atoms with van der Waals surface area (Å²) in [6.45, 7) is 2.88. The van der Waals surface area contributed by atoms with Crippen LogP contribution < -0.4 is 15.4 Å². The standard InChI is InChI=1S/C24H27N3O3S/c1-2-3-4-8-15-30-20-13-11-19(12-14-20)25-23(29)21-17-31-24(26-21)27-22(28)16-18-9-6-5-7-10-18/h5-7,9-14,17H,2-4,8,15-16H2,1H3,(H,25,29)(H,26,27,28). The maximum Gasteiger partial charge on any atom is 0.275 e. The minimum absolute atomic E-state index is 0.169.